The molecule has 7 nitrogen and oxygen atoms in total. The first-order valence-corrected chi connectivity index (χ1v) is 8.55. The van der Waals surface area contributed by atoms with Crippen molar-refractivity contribution in [2.45, 2.75) is 38.2 Å². The van der Waals surface area contributed by atoms with Gasteiger partial charge >= 0.3 is 5.97 Å². The van der Waals surface area contributed by atoms with E-state index in [0.29, 0.717) is 18.5 Å². The summed E-state index contributed by atoms with van der Waals surface area (Å²) in [5, 5.41) is 11.2. The molecule has 1 spiro atoms. The summed E-state index contributed by atoms with van der Waals surface area (Å²) >= 11 is 0. The van der Waals surface area contributed by atoms with Crippen LogP contribution in [0.15, 0.2) is 12.1 Å². The number of fused-ring (bicyclic) bond motifs is 1. The van der Waals surface area contributed by atoms with E-state index in [1.54, 1.807) is 6.92 Å². The number of halogens is 1. The highest BCUT2D eigenvalue weighted by molar-refractivity contribution is 6.05. The van der Waals surface area contributed by atoms with Gasteiger partial charge in [0.05, 0.1) is 17.9 Å². The molecule has 2 aliphatic rings. The van der Waals surface area contributed by atoms with Gasteiger partial charge in [0.2, 0.25) is 5.91 Å². The van der Waals surface area contributed by atoms with Gasteiger partial charge < -0.3 is 15.2 Å². The third kappa shape index (κ3) is 3.72. The zero-order valence-corrected chi connectivity index (χ0v) is 14.8. The molecule has 0 bridgehead atoms. The lowest BCUT2D eigenvalue weighted by Gasteiger charge is -2.34. The molecule has 2 amide bonds. The molecule has 3 rings (SSSR count). The number of rotatable bonds is 6. The van der Waals surface area contributed by atoms with Gasteiger partial charge in [-0.2, -0.15) is 0 Å². The average Bonchev–Trinajstić information content (AvgIpc) is 3.33. The van der Waals surface area contributed by atoms with Crippen LogP contribution in [-0.2, 0) is 14.4 Å². The lowest BCUT2D eigenvalue weighted by atomic mass is 10.0. The molecule has 8 heteroatoms. The molecule has 0 radical (unpaired) electrons. The summed E-state index contributed by atoms with van der Waals surface area (Å²) in [4.78, 5) is 36.7. The average molecular weight is 374 g/mol. The fraction of sp³-hybridized carbons (Fsp3) is 0.421. The van der Waals surface area contributed by atoms with E-state index in [2.05, 4.69) is 11.2 Å². The molecule has 2 N–H and O–H groups in total. The molecule has 1 aromatic carbocycles. The number of ether oxygens (including phenoxy) is 1. The Morgan fingerprint density at radius 3 is 2.74 bits per heavy atom. The second-order valence-corrected chi connectivity index (χ2v) is 6.95. The van der Waals surface area contributed by atoms with Crippen molar-refractivity contribution in [2.75, 3.05) is 16.8 Å². The lowest BCUT2D eigenvalue weighted by molar-refractivity contribution is -0.138. The van der Waals surface area contributed by atoms with E-state index < -0.39 is 29.2 Å². The van der Waals surface area contributed by atoms with Gasteiger partial charge in [-0.15, -0.1) is 6.42 Å². The highest BCUT2D eigenvalue weighted by atomic mass is 19.1. The summed E-state index contributed by atoms with van der Waals surface area (Å²) in [7, 11) is 0. The third-order valence-corrected chi connectivity index (χ3v) is 4.56. The topological polar surface area (TPSA) is 95.9 Å². The predicted octanol–water partition coefficient (Wildman–Crippen LogP) is 2.16. The number of terminal acetylenes is 1. The smallest absolute Gasteiger partial charge is 0.303 e. The fourth-order valence-corrected chi connectivity index (χ4v) is 3.11. The van der Waals surface area contributed by atoms with Crippen molar-refractivity contribution in [3.05, 3.63) is 17.9 Å². The second kappa shape index (κ2) is 6.91. The molecule has 142 valence electrons. The molecule has 0 saturated heterocycles. The number of aliphatic carboxylic acids is 1. The summed E-state index contributed by atoms with van der Waals surface area (Å²) in [6.07, 6.45) is 6.21. The van der Waals surface area contributed by atoms with E-state index in [-0.39, 0.29) is 36.7 Å². The Labute approximate surface area is 155 Å². The van der Waals surface area contributed by atoms with E-state index in [1.807, 2.05) is 0 Å². The fourth-order valence-electron chi connectivity index (χ4n) is 3.11. The first kappa shape index (κ1) is 18.7. The molecule has 0 aromatic heterocycles. The van der Waals surface area contributed by atoms with Crippen molar-refractivity contribution < 1.29 is 28.6 Å². The maximum absolute atomic E-state index is 14.4. The molecule has 1 aromatic rings. The molecule has 1 heterocycles. The first-order chi connectivity index (χ1) is 12.8. The summed E-state index contributed by atoms with van der Waals surface area (Å²) in [5.74, 6) is -0.301. The number of nitrogens with one attached hydrogen (secondary N) is 1. The van der Waals surface area contributed by atoms with Crippen LogP contribution in [0.4, 0.5) is 15.8 Å². The molecule has 1 fully saturated rings. The Bertz CT molecular complexity index is 856. The van der Waals surface area contributed by atoms with Crippen LogP contribution in [0, 0.1) is 24.1 Å². The van der Waals surface area contributed by atoms with Crippen molar-refractivity contribution in [3.63, 3.8) is 0 Å². The van der Waals surface area contributed by atoms with E-state index >= 15 is 0 Å². The number of hydrogen-bond donors (Lipinski definition) is 2. The predicted molar refractivity (Wildman–Crippen MR) is 94.8 cm³/mol. The Morgan fingerprint density at radius 2 is 2.15 bits per heavy atom. The number of hydrogen-bond acceptors (Lipinski definition) is 4. The Hall–Kier alpha value is -3.08. The minimum atomic E-state index is -1.01. The van der Waals surface area contributed by atoms with Crippen LogP contribution in [0.25, 0.3) is 0 Å². The van der Waals surface area contributed by atoms with Gasteiger partial charge in [-0.25, -0.2) is 4.39 Å². The van der Waals surface area contributed by atoms with Gasteiger partial charge in [0.25, 0.3) is 5.91 Å². The molecule has 27 heavy (non-hydrogen) atoms. The van der Waals surface area contributed by atoms with Crippen LogP contribution < -0.4 is 15.0 Å². The molecule has 1 aliphatic carbocycles. The number of carbonyl (C=O) groups is 3. The highest BCUT2D eigenvalue weighted by Gasteiger charge is 2.58. The Kier molecular flexibility index (Phi) is 4.79. The van der Waals surface area contributed by atoms with Crippen LogP contribution in [0.3, 0.4) is 0 Å². The number of carbonyl (C=O) groups excluding carboxylic acids is 2. The minimum absolute atomic E-state index is 0.00556. The number of carboxylic acids is 1. The standard InChI is InChI=1S/C19H19FN2O5/c1-3-6-22-14-10-13(21-16(23)7-11(2)8-17(24)25)12(20)9-15(14)27-19(4-5-19)18(22)26/h1,9-11H,4-8H2,2H3,(H,21,23)(H,24,25). The van der Waals surface area contributed by atoms with Crippen molar-refractivity contribution in [3.8, 4) is 18.1 Å². The van der Waals surface area contributed by atoms with E-state index in [0.717, 1.165) is 6.07 Å². The molecular formula is C19H19FN2O5. The van der Waals surface area contributed by atoms with Crippen LogP contribution in [0.5, 0.6) is 5.75 Å². The second-order valence-electron chi connectivity index (χ2n) is 6.95. The number of benzene rings is 1. The monoisotopic (exact) mass is 374 g/mol. The van der Waals surface area contributed by atoms with Gasteiger partial charge in [0.1, 0.15) is 5.75 Å². The van der Waals surface area contributed by atoms with Crippen molar-refractivity contribution >= 4 is 29.2 Å². The zero-order valence-electron chi connectivity index (χ0n) is 14.8. The van der Waals surface area contributed by atoms with Gasteiger partial charge in [0.15, 0.2) is 11.4 Å². The van der Waals surface area contributed by atoms with E-state index in [9.17, 15) is 18.8 Å². The van der Waals surface area contributed by atoms with Gasteiger partial charge in [0, 0.05) is 31.7 Å². The zero-order chi connectivity index (χ0) is 19.8. The van der Waals surface area contributed by atoms with Crippen molar-refractivity contribution in [1.82, 2.24) is 0 Å². The molecule has 1 unspecified atom stereocenters. The Balaban J connectivity index is 1.83. The maximum atomic E-state index is 14.4. The van der Waals surface area contributed by atoms with Gasteiger partial charge in [-0.1, -0.05) is 12.8 Å². The minimum Gasteiger partial charge on any atom is -0.481 e. The first-order valence-electron chi connectivity index (χ1n) is 8.55. The molecule has 1 saturated carbocycles. The van der Waals surface area contributed by atoms with Crippen LogP contribution in [0.2, 0.25) is 0 Å². The Morgan fingerprint density at radius 1 is 1.44 bits per heavy atom. The van der Waals surface area contributed by atoms with Crippen LogP contribution >= 0.6 is 0 Å². The van der Waals surface area contributed by atoms with E-state index in [4.69, 9.17) is 16.3 Å². The molecule has 1 aliphatic heterocycles. The van der Waals surface area contributed by atoms with Crippen LogP contribution in [0.1, 0.15) is 32.6 Å². The number of amides is 2. The number of nitrogens with zero attached hydrogens (tertiary/aromatic N) is 1. The largest absolute Gasteiger partial charge is 0.481 e. The third-order valence-electron chi connectivity index (χ3n) is 4.56. The van der Waals surface area contributed by atoms with Crippen molar-refractivity contribution in [2.24, 2.45) is 5.92 Å². The number of carboxylic acid groups (broad SMARTS) is 1. The van der Waals surface area contributed by atoms with Gasteiger partial charge in [-0.05, 0) is 12.0 Å². The van der Waals surface area contributed by atoms with E-state index in [1.165, 1.54) is 11.0 Å². The van der Waals surface area contributed by atoms with Crippen molar-refractivity contribution in [1.29, 1.82) is 0 Å². The normalized spacial score (nSPS) is 17.5. The SMILES string of the molecule is C#CCN1C(=O)C2(CC2)Oc2cc(F)c(NC(=O)CC(C)CC(=O)O)cc21. The number of anilines is 2. The summed E-state index contributed by atoms with van der Waals surface area (Å²) in [6, 6.07) is 2.44. The summed E-state index contributed by atoms with van der Waals surface area (Å²) < 4.78 is 20.1. The highest BCUT2D eigenvalue weighted by Crippen LogP contribution is 2.50. The van der Waals surface area contributed by atoms with Crippen LogP contribution in [-0.4, -0.2) is 35.0 Å². The maximum Gasteiger partial charge on any atom is 0.303 e. The molecular weight excluding hydrogens is 355 g/mol. The lowest BCUT2D eigenvalue weighted by Crippen LogP contribution is -2.48. The quantitative estimate of drug-likeness (QED) is 0.744. The molecule has 1 atom stereocenters. The summed E-state index contributed by atoms with van der Waals surface area (Å²) in [6.45, 7) is 1.62. The van der Waals surface area contributed by atoms with Gasteiger partial charge in [-0.3, -0.25) is 19.3 Å². The summed E-state index contributed by atoms with van der Waals surface area (Å²) in [5.41, 5.74) is -0.773.